The van der Waals surface area contributed by atoms with Crippen molar-refractivity contribution in [2.75, 3.05) is 26.7 Å². The molecule has 0 aromatic heterocycles. The molecule has 8 heteroatoms. The normalized spacial score (nSPS) is 18.0. The summed E-state index contributed by atoms with van der Waals surface area (Å²) in [6.45, 7) is 6.74. The zero-order valence-electron chi connectivity index (χ0n) is 17.0. The van der Waals surface area contributed by atoms with Gasteiger partial charge in [-0.15, -0.1) is 0 Å². The highest BCUT2D eigenvalue weighted by atomic mass is 16.6. The van der Waals surface area contributed by atoms with E-state index in [0.29, 0.717) is 30.6 Å². The molecule has 0 saturated carbocycles. The van der Waals surface area contributed by atoms with Crippen LogP contribution in [0.5, 0.6) is 0 Å². The first-order valence-corrected chi connectivity index (χ1v) is 9.51. The quantitative estimate of drug-likeness (QED) is 0.611. The average molecular weight is 391 g/mol. The fraction of sp³-hybridized carbons (Fsp3) is 0.600. The van der Waals surface area contributed by atoms with Crippen molar-refractivity contribution in [3.63, 3.8) is 0 Å². The molecule has 1 aromatic carbocycles. The minimum Gasteiger partial charge on any atom is -0.480 e. The summed E-state index contributed by atoms with van der Waals surface area (Å²) < 4.78 is 0. The number of aliphatic carboxylic acids is 1. The van der Waals surface area contributed by atoms with Crippen molar-refractivity contribution >= 4 is 17.6 Å². The van der Waals surface area contributed by atoms with E-state index in [9.17, 15) is 19.7 Å². The molecule has 1 aromatic rings. The van der Waals surface area contributed by atoms with Crippen molar-refractivity contribution in [1.82, 2.24) is 9.80 Å². The summed E-state index contributed by atoms with van der Waals surface area (Å²) in [6.07, 6.45) is 2.26. The van der Waals surface area contributed by atoms with Crippen LogP contribution in [0.4, 0.5) is 5.69 Å². The van der Waals surface area contributed by atoms with Crippen LogP contribution in [0.1, 0.15) is 56.0 Å². The van der Waals surface area contributed by atoms with Gasteiger partial charge < -0.3 is 10.0 Å². The maximum atomic E-state index is 12.9. The molecule has 0 bridgehead atoms. The number of likely N-dealkylation sites (tertiary alicyclic amines) is 1. The van der Waals surface area contributed by atoms with Gasteiger partial charge >= 0.3 is 5.97 Å². The van der Waals surface area contributed by atoms with Crippen LogP contribution < -0.4 is 0 Å². The lowest BCUT2D eigenvalue weighted by atomic mass is 9.85. The molecule has 1 aliphatic rings. The number of nitro groups is 1. The number of hydrogen-bond acceptors (Lipinski definition) is 5. The molecule has 0 aliphatic carbocycles. The van der Waals surface area contributed by atoms with Crippen LogP contribution in [-0.4, -0.2) is 64.4 Å². The summed E-state index contributed by atoms with van der Waals surface area (Å²) in [7, 11) is 1.78. The fourth-order valence-electron chi connectivity index (χ4n) is 3.70. The van der Waals surface area contributed by atoms with Gasteiger partial charge in [0.05, 0.1) is 11.5 Å². The molecule has 1 heterocycles. The molecular weight excluding hydrogens is 362 g/mol. The van der Waals surface area contributed by atoms with Crippen LogP contribution >= 0.6 is 0 Å². The Morgan fingerprint density at radius 3 is 2.54 bits per heavy atom. The van der Waals surface area contributed by atoms with Gasteiger partial charge in [0.15, 0.2) is 0 Å². The van der Waals surface area contributed by atoms with Crippen molar-refractivity contribution in [3.8, 4) is 0 Å². The van der Waals surface area contributed by atoms with E-state index < -0.39 is 16.3 Å². The number of benzene rings is 1. The summed E-state index contributed by atoms with van der Waals surface area (Å²) in [5.74, 6) is -1.09. The van der Waals surface area contributed by atoms with E-state index in [2.05, 4.69) is 0 Å². The second-order valence-electron chi connectivity index (χ2n) is 8.42. The Morgan fingerprint density at radius 1 is 1.29 bits per heavy atom. The minimum absolute atomic E-state index is 0.0287. The van der Waals surface area contributed by atoms with E-state index in [1.54, 1.807) is 29.0 Å². The Morgan fingerprint density at radius 2 is 1.96 bits per heavy atom. The molecular formula is C20H29N3O5. The second kappa shape index (κ2) is 8.68. The number of hydrogen-bond donors (Lipinski definition) is 1. The van der Waals surface area contributed by atoms with Gasteiger partial charge in [-0.05, 0) is 37.8 Å². The first-order valence-electron chi connectivity index (χ1n) is 9.51. The third kappa shape index (κ3) is 5.28. The third-order valence-electron chi connectivity index (χ3n) is 5.24. The Balaban J connectivity index is 2.17. The van der Waals surface area contributed by atoms with Gasteiger partial charge in [0.25, 0.3) is 11.6 Å². The lowest BCUT2D eigenvalue weighted by Gasteiger charge is -2.25. The molecule has 2 rings (SSSR count). The Bertz CT molecular complexity index is 757. The van der Waals surface area contributed by atoms with Crippen molar-refractivity contribution in [2.45, 2.75) is 51.5 Å². The van der Waals surface area contributed by atoms with Crippen molar-refractivity contribution in [1.29, 1.82) is 0 Å². The summed E-state index contributed by atoms with van der Waals surface area (Å²) in [5, 5.41) is 20.5. The van der Waals surface area contributed by atoms with Crippen LogP contribution in [0.25, 0.3) is 0 Å². The predicted octanol–water partition coefficient (Wildman–Crippen LogP) is 2.90. The van der Waals surface area contributed by atoms with Crippen LogP contribution in [0.3, 0.4) is 0 Å². The third-order valence-corrected chi connectivity index (χ3v) is 5.24. The van der Waals surface area contributed by atoms with Gasteiger partial charge in [-0.25, -0.2) is 0 Å². The molecule has 1 N–H and O–H groups in total. The summed E-state index contributed by atoms with van der Waals surface area (Å²) in [6, 6.07) is 4.81. The van der Waals surface area contributed by atoms with E-state index in [0.717, 1.165) is 12.8 Å². The van der Waals surface area contributed by atoms with Gasteiger partial charge in [-0.1, -0.05) is 26.8 Å². The predicted molar refractivity (Wildman–Crippen MR) is 106 cm³/mol. The first kappa shape index (κ1) is 21.8. The zero-order chi connectivity index (χ0) is 21.1. The molecule has 8 nitrogen and oxygen atoms in total. The number of carboxylic acids is 1. The average Bonchev–Trinajstić information content (AvgIpc) is 2.85. The number of likely N-dealkylation sites (N-methyl/N-ethyl adjacent to an activating group) is 1. The molecule has 1 unspecified atom stereocenters. The van der Waals surface area contributed by atoms with Crippen LogP contribution in [0, 0.1) is 10.1 Å². The first-order chi connectivity index (χ1) is 13.0. The molecule has 1 saturated heterocycles. The molecule has 0 radical (unpaired) electrons. The lowest BCUT2D eigenvalue weighted by Crippen LogP contribution is -2.37. The van der Waals surface area contributed by atoms with Crippen molar-refractivity contribution in [2.24, 2.45) is 0 Å². The van der Waals surface area contributed by atoms with Crippen molar-refractivity contribution in [3.05, 3.63) is 39.4 Å². The zero-order valence-corrected chi connectivity index (χ0v) is 17.0. The van der Waals surface area contributed by atoms with E-state index in [4.69, 9.17) is 5.11 Å². The van der Waals surface area contributed by atoms with Crippen LogP contribution in [-0.2, 0) is 10.2 Å². The maximum Gasteiger partial charge on any atom is 0.317 e. The Hall–Kier alpha value is -2.48. The van der Waals surface area contributed by atoms with Gasteiger partial charge in [0, 0.05) is 36.3 Å². The highest BCUT2D eigenvalue weighted by Gasteiger charge is 2.29. The lowest BCUT2D eigenvalue weighted by molar-refractivity contribution is -0.386. The number of carboxylic acid groups (broad SMARTS) is 1. The van der Waals surface area contributed by atoms with E-state index >= 15 is 0 Å². The van der Waals surface area contributed by atoms with Gasteiger partial charge in [0.1, 0.15) is 0 Å². The molecule has 28 heavy (non-hydrogen) atoms. The van der Waals surface area contributed by atoms with E-state index in [-0.39, 0.29) is 24.2 Å². The molecule has 0 spiro atoms. The SMILES string of the molecule is CN(CC(=O)O)C1CCCN(C(=O)c2ccc(C(C)(C)C)c([N+](=O)[O-])c2)CC1. The molecule has 1 aliphatic heterocycles. The number of carbonyl (C=O) groups is 2. The number of rotatable bonds is 5. The van der Waals surface area contributed by atoms with E-state index in [1.165, 1.54) is 6.07 Å². The summed E-state index contributed by atoms with van der Waals surface area (Å²) >= 11 is 0. The standard InChI is InChI=1S/C20H29N3O5/c1-20(2,3)16-8-7-14(12-17(16)23(27)28)19(26)22-10-5-6-15(9-11-22)21(4)13-18(24)25/h7-8,12,15H,5-6,9-11,13H2,1-4H3,(H,24,25). The van der Waals surface area contributed by atoms with E-state index in [1.807, 2.05) is 20.8 Å². The topological polar surface area (TPSA) is 104 Å². The fourth-order valence-corrected chi connectivity index (χ4v) is 3.70. The monoisotopic (exact) mass is 391 g/mol. The highest BCUT2D eigenvalue weighted by Crippen LogP contribution is 2.32. The second-order valence-corrected chi connectivity index (χ2v) is 8.42. The number of carbonyl (C=O) groups excluding carboxylic acids is 1. The van der Waals surface area contributed by atoms with Crippen LogP contribution in [0.15, 0.2) is 18.2 Å². The minimum atomic E-state index is -0.870. The Kier molecular flexibility index (Phi) is 6.77. The highest BCUT2D eigenvalue weighted by molar-refractivity contribution is 5.95. The number of nitro benzene ring substituents is 1. The van der Waals surface area contributed by atoms with Gasteiger partial charge in [0.2, 0.25) is 0 Å². The summed E-state index contributed by atoms with van der Waals surface area (Å²) in [5.41, 5.74) is 0.485. The molecule has 1 atom stereocenters. The summed E-state index contributed by atoms with van der Waals surface area (Å²) in [4.78, 5) is 38.4. The molecule has 1 amide bonds. The van der Waals surface area contributed by atoms with Gasteiger partial charge in [-0.3, -0.25) is 24.6 Å². The van der Waals surface area contributed by atoms with Gasteiger partial charge in [-0.2, -0.15) is 0 Å². The molecule has 1 fully saturated rings. The van der Waals surface area contributed by atoms with Crippen LogP contribution in [0.2, 0.25) is 0 Å². The molecule has 154 valence electrons. The number of amides is 1. The largest absolute Gasteiger partial charge is 0.480 e. The van der Waals surface area contributed by atoms with Crippen molar-refractivity contribution < 1.29 is 19.6 Å². The Labute approximate surface area is 165 Å². The maximum absolute atomic E-state index is 12.9. The smallest absolute Gasteiger partial charge is 0.317 e. The number of nitrogens with zero attached hydrogens (tertiary/aromatic N) is 3.